The van der Waals surface area contributed by atoms with E-state index < -0.39 is 16.1 Å². The van der Waals surface area contributed by atoms with Crippen LogP contribution in [0, 0.1) is 0 Å². The van der Waals surface area contributed by atoms with Crippen molar-refractivity contribution in [1.82, 2.24) is 0 Å². The largest absolute Gasteiger partial charge is 0.457 e. The van der Waals surface area contributed by atoms with Gasteiger partial charge in [-0.25, -0.2) is 0 Å². The van der Waals surface area contributed by atoms with E-state index in [9.17, 15) is 0 Å². The standard InChI is InChI=1S/C66H52O2Si2/c1-65(2)51-24-14-13-22-49(51)60-52(65)35-37-59-64(60)68-62-48(23-17-27-58(62)70(59,46-18-9-7-10-19-46)47-20-11-8-12-21-47)45-31-30-41-38-42(28-29-43(41)39-45)44-32-33-50-54(40-44)66(3,4)53-34-36-57-63(61(50)53)67-55-25-15-16-26-56(55)69(57,5)6/h7-40H,1-6H3. The SMILES string of the molecule is CC1(C)c2cc(-c3ccc4cc(-c5cccc6c5Oc5c(ccc7c5-c5ccccc5C7(C)C)[Si]6(c5ccccc5)c5ccccc5)ccc4c3)ccc2-c2c1ccc1c2Oc2ccccc2[Si]1(C)C. The number of para-hydroxylation sites is 2. The number of rotatable bonds is 4. The molecule has 336 valence electrons. The predicted molar refractivity (Wildman–Crippen MR) is 297 cm³/mol. The third-order valence-corrected chi connectivity index (χ3v) is 25.2. The molecule has 0 bridgehead atoms. The summed E-state index contributed by atoms with van der Waals surface area (Å²) >= 11 is 0. The minimum absolute atomic E-state index is 0.160. The molecule has 0 saturated carbocycles. The van der Waals surface area contributed by atoms with Gasteiger partial charge in [-0.3, -0.25) is 0 Å². The van der Waals surface area contributed by atoms with Gasteiger partial charge in [0.1, 0.15) is 31.1 Å². The molecule has 2 aliphatic carbocycles. The lowest BCUT2D eigenvalue weighted by Crippen LogP contribution is -2.76. The molecule has 2 aliphatic heterocycles. The van der Waals surface area contributed by atoms with Gasteiger partial charge in [-0.1, -0.05) is 223 Å². The maximum Gasteiger partial charge on any atom is 0.188 e. The number of hydrogen-bond acceptors (Lipinski definition) is 2. The van der Waals surface area contributed by atoms with E-state index in [0.29, 0.717) is 0 Å². The molecular weight excluding hydrogens is 881 g/mol. The smallest absolute Gasteiger partial charge is 0.188 e. The normalized spacial score (nSPS) is 16.3. The molecule has 0 atom stereocenters. The Morgan fingerprint density at radius 2 is 0.857 bits per heavy atom. The highest BCUT2D eigenvalue weighted by molar-refractivity contribution is 7.21. The van der Waals surface area contributed by atoms with Crippen molar-refractivity contribution in [2.75, 3.05) is 0 Å². The van der Waals surface area contributed by atoms with E-state index in [0.717, 1.165) is 34.1 Å². The number of fused-ring (bicyclic) bond motifs is 13. The van der Waals surface area contributed by atoms with Gasteiger partial charge in [-0.05, 0) is 116 Å². The third-order valence-electron chi connectivity index (χ3n) is 16.9. The molecule has 2 nitrogen and oxygen atoms in total. The lowest BCUT2D eigenvalue weighted by Gasteiger charge is -2.41. The van der Waals surface area contributed by atoms with Crippen LogP contribution < -0.4 is 40.6 Å². The Balaban J connectivity index is 0.896. The van der Waals surface area contributed by atoms with Gasteiger partial charge in [0.2, 0.25) is 0 Å². The van der Waals surface area contributed by atoms with Crippen LogP contribution >= 0.6 is 0 Å². The van der Waals surface area contributed by atoms with Crippen molar-refractivity contribution < 1.29 is 9.47 Å². The van der Waals surface area contributed by atoms with Gasteiger partial charge in [-0.2, -0.15) is 0 Å². The van der Waals surface area contributed by atoms with E-state index in [1.54, 1.807) is 0 Å². The first-order valence-electron chi connectivity index (χ1n) is 24.8. The molecule has 10 aromatic carbocycles. The summed E-state index contributed by atoms with van der Waals surface area (Å²) in [5.74, 6) is 4.04. The molecule has 0 amide bonds. The van der Waals surface area contributed by atoms with Crippen LogP contribution in [-0.2, 0) is 10.8 Å². The highest BCUT2D eigenvalue weighted by Crippen LogP contribution is 2.56. The van der Waals surface area contributed by atoms with Crippen molar-refractivity contribution in [3.05, 3.63) is 229 Å². The van der Waals surface area contributed by atoms with E-state index in [1.807, 2.05) is 0 Å². The molecule has 0 saturated heterocycles. The first-order valence-corrected chi connectivity index (χ1v) is 29.8. The monoisotopic (exact) mass is 932 g/mol. The fraction of sp³-hybridized carbons (Fsp3) is 0.121. The first kappa shape index (κ1) is 41.5. The molecule has 0 fully saturated rings. The van der Waals surface area contributed by atoms with Crippen molar-refractivity contribution in [2.45, 2.75) is 51.6 Å². The Morgan fingerprint density at radius 3 is 1.59 bits per heavy atom. The quantitative estimate of drug-likeness (QED) is 0.164. The minimum atomic E-state index is -2.95. The second-order valence-corrected chi connectivity index (χ2v) is 29.6. The zero-order chi connectivity index (χ0) is 47.3. The summed E-state index contributed by atoms with van der Waals surface area (Å²) in [5, 5.41) is 10.4. The van der Waals surface area contributed by atoms with Gasteiger partial charge in [0.05, 0.1) is 0 Å². The number of hydrogen-bond donors (Lipinski definition) is 0. The van der Waals surface area contributed by atoms with Gasteiger partial charge in [0, 0.05) is 27.5 Å². The van der Waals surface area contributed by atoms with Gasteiger partial charge >= 0.3 is 0 Å². The third kappa shape index (κ3) is 5.49. The van der Waals surface area contributed by atoms with E-state index in [4.69, 9.17) is 9.47 Å². The lowest BCUT2D eigenvalue weighted by atomic mass is 9.81. The van der Waals surface area contributed by atoms with E-state index >= 15 is 0 Å². The molecule has 10 aromatic rings. The van der Waals surface area contributed by atoms with Crippen molar-refractivity contribution in [1.29, 1.82) is 0 Å². The van der Waals surface area contributed by atoms with Crippen LogP contribution in [0.4, 0.5) is 0 Å². The molecule has 4 heteroatoms. The van der Waals surface area contributed by atoms with Crippen LogP contribution in [0.2, 0.25) is 13.1 Å². The zero-order valence-electron chi connectivity index (χ0n) is 40.4. The fourth-order valence-corrected chi connectivity index (χ4v) is 21.0. The van der Waals surface area contributed by atoms with Crippen LogP contribution in [-0.4, -0.2) is 16.1 Å². The average Bonchev–Trinajstić information content (AvgIpc) is 3.77. The molecule has 0 aromatic heterocycles. The summed E-state index contributed by atoms with van der Waals surface area (Å²) in [5.41, 5.74) is 14.8. The average molecular weight is 933 g/mol. The Hall–Kier alpha value is -7.51. The van der Waals surface area contributed by atoms with Crippen LogP contribution in [0.15, 0.2) is 206 Å². The molecule has 14 rings (SSSR count). The second-order valence-electron chi connectivity index (χ2n) is 21.6. The van der Waals surface area contributed by atoms with Crippen molar-refractivity contribution in [3.63, 3.8) is 0 Å². The summed E-state index contributed by atoms with van der Waals surface area (Å²) in [4.78, 5) is 0. The molecule has 0 spiro atoms. The summed E-state index contributed by atoms with van der Waals surface area (Å²) in [6, 6.07) is 77.7. The van der Waals surface area contributed by atoms with Crippen LogP contribution in [0.3, 0.4) is 0 Å². The van der Waals surface area contributed by atoms with Gasteiger partial charge < -0.3 is 9.47 Å². The number of ether oxygens (including phenoxy) is 2. The van der Waals surface area contributed by atoms with Crippen LogP contribution in [0.5, 0.6) is 23.0 Å². The van der Waals surface area contributed by atoms with Crippen molar-refractivity contribution in [2.24, 2.45) is 0 Å². The fourth-order valence-electron chi connectivity index (χ4n) is 13.2. The van der Waals surface area contributed by atoms with Crippen LogP contribution in [0.1, 0.15) is 49.9 Å². The maximum atomic E-state index is 7.61. The highest BCUT2D eigenvalue weighted by Gasteiger charge is 2.51. The van der Waals surface area contributed by atoms with Gasteiger partial charge in [0.25, 0.3) is 0 Å². The first-order chi connectivity index (χ1) is 34.0. The Bertz CT molecular complexity index is 3820. The number of benzene rings is 10. The summed E-state index contributed by atoms with van der Waals surface area (Å²) < 4.78 is 14.5. The van der Waals surface area contributed by atoms with Gasteiger partial charge in [-0.15, -0.1) is 0 Å². The molecular formula is C66H52O2Si2. The van der Waals surface area contributed by atoms with E-state index in [2.05, 4.69) is 247 Å². The molecule has 0 N–H and O–H groups in total. The maximum absolute atomic E-state index is 7.61. The zero-order valence-corrected chi connectivity index (χ0v) is 42.4. The Kier molecular flexibility index (Phi) is 8.60. The summed E-state index contributed by atoms with van der Waals surface area (Å²) in [7, 11) is -4.91. The molecule has 0 radical (unpaired) electrons. The minimum Gasteiger partial charge on any atom is -0.457 e. The van der Waals surface area contributed by atoms with Crippen molar-refractivity contribution in [3.8, 4) is 67.5 Å². The predicted octanol–water partition coefficient (Wildman–Crippen LogP) is 13.2. The summed E-state index contributed by atoms with van der Waals surface area (Å²) in [6.45, 7) is 14.4. The Labute approximate surface area is 412 Å². The molecule has 4 aliphatic rings. The van der Waals surface area contributed by atoms with E-state index in [-0.39, 0.29) is 10.8 Å². The van der Waals surface area contributed by atoms with Crippen molar-refractivity contribution >= 4 is 58.0 Å². The van der Waals surface area contributed by atoms with Gasteiger partial charge in [0.15, 0.2) is 8.07 Å². The van der Waals surface area contributed by atoms with Crippen LogP contribution in [0.25, 0.3) is 55.3 Å². The second kappa shape index (κ2) is 14.5. The topological polar surface area (TPSA) is 18.5 Å². The summed E-state index contributed by atoms with van der Waals surface area (Å²) in [6.07, 6.45) is 0. The molecule has 70 heavy (non-hydrogen) atoms. The molecule has 0 unspecified atom stereocenters. The molecule has 2 heterocycles. The highest BCUT2D eigenvalue weighted by atomic mass is 28.3. The lowest BCUT2D eigenvalue weighted by molar-refractivity contribution is 0.487. The van der Waals surface area contributed by atoms with E-state index in [1.165, 1.54) is 97.5 Å². The Morgan fingerprint density at radius 1 is 0.343 bits per heavy atom.